The molecule has 6 nitrogen and oxygen atoms in total. The van der Waals surface area contributed by atoms with Crippen molar-refractivity contribution in [1.29, 1.82) is 0 Å². The monoisotopic (exact) mass is 446 g/mol. The van der Waals surface area contributed by atoms with Crippen LogP contribution in [0.4, 0.5) is 0 Å². The summed E-state index contributed by atoms with van der Waals surface area (Å²) in [5.41, 5.74) is 1.16. The molecule has 0 bridgehead atoms. The van der Waals surface area contributed by atoms with Crippen molar-refractivity contribution >= 4 is 34.0 Å². The predicted molar refractivity (Wildman–Crippen MR) is 112 cm³/mol. The van der Waals surface area contributed by atoms with Gasteiger partial charge in [-0.1, -0.05) is 23.7 Å². The topological polar surface area (TPSA) is 59.1 Å². The number of hydrogen-bond acceptors (Lipinski definition) is 5. The van der Waals surface area contributed by atoms with Crippen LogP contribution in [-0.2, 0) is 16.6 Å². The van der Waals surface area contributed by atoms with Crippen molar-refractivity contribution in [1.82, 2.24) is 9.21 Å². The second-order valence-electron chi connectivity index (χ2n) is 6.32. The summed E-state index contributed by atoms with van der Waals surface area (Å²) < 4.78 is 38.1. The number of ether oxygens (including phenoxy) is 2. The molecule has 3 rings (SSSR count). The van der Waals surface area contributed by atoms with Crippen LogP contribution in [0, 0.1) is 0 Å². The predicted octanol–water partition coefficient (Wildman–Crippen LogP) is 3.29. The fraction of sp³-hybridized carbons (Fsp3) is 0.368. The molecule has 1 heterocycles. The lowest BCUT2D eigenvalue weighted by molar-refractivity contribution is 0.181. The molecule has 0 radical (unpaired) electrons. The number of nitrogens with zero attached hydrogens (tertiary/aromatic N) is 2. The molecule has 1 fully saturated rings. The maximum absolute atomic E-state index is 13.1. The molecule has 9 heteroatoms. The minimum absolute atomic E-state index is 0. The molecule has 0 aliphatic carbocycles. The highest BCUT2D eigenvalue weighted by atomic mass is 35.5. The van der Waals surface area contributed by atoms with Gasteiger partial charge in [0.25, 0.3) is 0 Å². The van der Waals surface area contributed by atoms with Crippen molar-refractivity contribution in [2.45, 2.75) is 11.4 Å². The summed E-state index contributed by atoms with van der Waals surface area (Å²) in [6.45, 7) is 2.95. The zero-order valence-electron chi connectivity index (χ0n) is 15.8. The van der Waals surface area contributed by atoms with Gasteiger partial charge < -0.3 is 9.47 Å². The second-order valence-corrected chi connectivity index (χ2v) is 8.67. The van der Waals surface area contributed by atoms with Crippen LogP contribution in [0.5, 0.6) is 11.5 Å². The Kier molecular flexibility index (Phi) is 7.97. The van der Waals surface area contributed by atoms with Crippen molar-refractivity contribution in [3.05, 3.63) is 53.1 Å². The Balaban J connectivity index is 0.00000280. The van der Waals surface area contributed by atoms with Gasteiger partial charge in [-0.15, -0.1) is 12.4 Å². The molecule has 28 heavy (non-hydrogen) atoms. The van der Waals surface area contributed by atoms with Gasteiger partial charge in [0.2, 0.25) is 10.0 Å². The van der Waals surface area contributed by atoms with E-state index in [1.807, 2.05) is 24.3 Å². The van der Waals surface area contributed by atoms with Crippen LogP contribution in [0.1, 0.15) is 5.56 Å². The summed E-state index contributed by atoms with van der Waals surface area (Å²) in [5, 5.41) is 0.710. The van der Waals surface area contributed by atoms with Gasteiger partial charge in [0, 0.05) is 43.8 Å². The van der Waals surface area contributed by atoms with Crippen LogP contribution in [0.3, 0.4) is 0 Å². The summed E-state index contributed by atoms with van der Waals surface area (Å²) in [6, 6.07) is 12.5. The molecule has 1 aliphatic heterocycles. The molecular weight excluding hydrogens is 423 g/mol. The molecule has 2 aromatic rings. The number of benzene rings is 2. The molecule has 0 atom stereocenters. The molecule has 0 saturated carbocycles. The normalized spacial score (nSPS) is 15.7. The number of sulfonamides is 1. The number of methoxy groups -OCH3 is 2. The molecule has 0 N–H and O–H groups in total. The van der Waals surface area contributed by atoms with Gasteiger partial charge in [-0.25, -0.2) is 8.42 Å². The molecule has 154 valence electrons. The lowest BCUT2D eigenvalue weighted by Crippen LogP contribution is -2.48. The summed E-state index contributed by atoms with van der Waals surface area (Å²) in [5.74, 6) is 0.801. The minimum atomic E-state index is -3.66. The zero-order valence-corrected chi connectivity index (χ0v) is 18.2. The Morgan fingerprint density at radius 3 is 2.18 bits per heavy atom. The highest BCUT2D eigenvalue weighted by Gasteiger charge is 2.31. The zero-order chi connectivity index (χ0) is 19.4. The third kappa shape index (κ3) is 5.10. The van der Waals surface area contributed by atoms with E-state index in [0.717, 1.165) is 12.1 Å². The first kappa shape index (κ1) is 22.8. The van der Waals surface area contributed by atoms with E-state index in [-0.39, 0.29) is 17.3 Å². The Morgan fingerprint density at radius 2 is 1.61 bits per heavy atom. The standard InChI is InChI=1S/C19H23ClN2O4S.ClH/c1-25-17-7-8-18(26-2)19(13-17)27(23,24)22-11-9-21(10-12-22)14-15-3-5-16(20)6-4-15;/h3-8,13H,9-12,14H2,1-2H3;1H. The lowest BCUT2D eigenvalue weighted by Gasteiger charge is -2.34. The Bertz CT molecular complexity index is 883. The third-order valence-electron chi connectivity index (χ3n) is 4.64. The Labute approximate surface area is 177 Å². The van der Waals surface area contributed by atoms with Crippen LogP contribution >= 0.6 is 24.0 Å². The van der Waals surface area contributed by atoms with Gasteiger partial charge >= 0.3 is 0 Å². The van der Waals surface area contributed by atoms with E-state index in [0.29, 0.717) is 42.7 Å². The van der Waals surface area contributed by atoms with Crippen molar-refractivity contribution in [2.24, 2.45) is 0 Å². The maximum Gasteiger partial charge on any atom is 0.246 e. The van der Waals surface area contributed by atoms with E-state index in [2.05, 4.69) is 4.90 Å². The molecule has 0 amide bonds. The number of piperazine rings is 1. The fourth-order valence-corrected chi connectivity index (χ4v) is 4.82. The lowest BCUT2D eigenvalue weighted by atomic mass is 10.2. The van der Waals surface area contributed by atoms with Gasteiger partial charge in [0.15, 0.2) is 0 Å². The van der Waals surface area contributed by atoms with Crippen molar-refractivity contribution in [2.75, 3.05) is 40.4 Å². The maximum atomic E-state index is 13.1. The second kappa shape index (κ2) is 9.80. The summed E-state index contributed by atoms with van der Waals surface area (Å²) in [4.78, 5) is 2.37. The SMILES string of the molecule is COc1ccc(OC)c(S(=O)(=O)N2CCN(Cc3ccc(Cl)cc3)CC2)c1.Cl. The summed E-state index contributed by atoms with van der Waals surface area (Å²) in [6.07, 6.45) is 0. The Morgan fingerprint density at radius 1 is 0.964 bits per heavy atom. The molecule has 0 unspecified atom stereocenters. The molecule has 1 saturated heterocycles. The van der Waals surface area contributed by atoms with Crippen molar-refractivity contribution in [3.63, 3.8) is 0 Å². The molecule has 2 aromatic carbocycles. The van der Waals surface area contributed by atoms with Gasteiger partial charge in [-0.2, -0.15) is 4.31 Å². The van der Waals surface area contributed by atoms with Crippen LogP contribution in [-0.4, -0.2) is 58.0 Å². The van der Waals surface area contributed by atoms with E-state index in [9.17, 15) is 8.42 Å². The van der Waals surface area contributed by atoms with Gasteiger partial charge in [-0.05, 0) is 29.8 Å². The largest absolute Gasteiger partial charge is 0.497 e. The van der Waals surface area contributed by atoms with Crippen LogP contribution in [0.25, 0.3) is 0 Å². The Hall–Kier alpha value is -1.51. The average Bonchev–Trinajstić information content (AvgIpc) is 2.69. The highest BCUT2D eigenvalue weighted by molar-refractivity contribution is 7.89. The molecular formula is C19H24Cl2N2O4S. The first-order valence-corrected chi connectivity index (χ1v) is 10.4. The highest BCUT2D eigenvalue weighted by Crippen LogP contribution is 2.31. The average molecular weight is 447 g/mol. The molecule has 1 aliphatic rings. The van der Waals surface area contributed by atoms with Crippen molar-refractivity contribution in [3.8, 4) is 11.5 Å². The molecule has 0 aromatic heterocycles. The van der Waals surface area contributed by atoms with Crippen LogP contribution in [0.2, 0.25) is 5.02 Å². The quantitative estimate of drug-likeness (QED) is 0.681. The number of rotatable bonds is 6. The van der Waals surface area contributed by atoms with E-state index in [1.165, 1.54) is 24.6 Å². The van der Waals surface area contributed by atoms with E-state index >= 15 is 0 Å². The third-order valence-corrected chi connectivity index (χ3v) is 6.81. The molecule has 0 spiro atoms. The van der Waals surface area contributed by atoms with E-state index in [4.69, 9.17) is 21.1 Å². The number of hydrogen-bond donors (Lipinski definition) is 0. The van der Waals surface area contributed by atoms with E-state index in [1.54, 1.807) is 12.1 Å². The minimum Gasteiger partial charge on any atom is -0.497 e. The van der Waals surface area contributed by atoms with Gasteiger partial charge in [0.05, 0.1) is 14.2 Å². The summed E-state index contributed by atoms with van der Waals surface area (Å²) in [7, 11) is -0.684. The number of halogens is 2. The first-order chi connectivity index (χ1) is 12.9. The summed E-state index contributed by atoms with van der Waals surface area (Å²) >= 11 is 5.92. The van der Waals surface area contributed by atoms with E-state index < -0.39 is 10.0 Å². The fourth-order valence-electron chi connectivity index (χ4n) is 3.10. The first-order valence-electron chi connectivity index (χ1n) is 8.63. The smallest absolute Gasteiger partial charge is 0.246 e. The van der Waals surface area contributed by atoms with Crippen LogP contribution in [0.15, 0.2) is 47.4 Å². The van der Waals surface area contributed by atoms with Crippen LogP contribution < -0.4 is 9.47 Å². The van der Waals surface area contributed by atoms with Crippen molar-refractivity contribution < 1.29 is 17.9 Å². The van der Waals surface area contributed by atoms with Gasteiger partial charge in [0.1, 0.15) is 16.4 Å². The van der Waals surface area contributed by atoms with Gasteiger partial charge in [-0.3, -0.25) is 4.90 Å².